The first kappa shape index (κ1) is 12.7. The van der Waals surface area contributed by atoms with E-state index in [-0.39, 0.29) is 0 Å². The second kappa shape index (κ2) is 6.99. The predicted octanol–water partition coefficient (Wildman–Crippen LogP) is 1.97. The van der Waals surface area contributed by atoms with E-state index in [9.17, 15) is 0 Å². The number of nitrogens with zero attached hydrogens (tertiary/aromatic N) is 1. The van der Waals surface area contributed by atoms with E-state index >= 15 is 0 Å². The van der Waals surface area contributed by atoms with Gasteiger partial charge in [0.25, 0.3) is 0 Å². The third-order valence-electron chi connectivity index (χ3n) is 2.61. The van der Waals surface area contributed by atoms with Crippen LogP contribution in [0.15, 0.2) is 4.99 Å². The summed E-state index contributed by atoms with van der Waals surface area (Å²) in [5.74, 6) is 2.88. The second-order valence-electron chi connectivity index (χ2n) is 4.16. The monoisotopic (exact) mass is 229 g/mol. The average molecular weight is 229 g/mol. The van der Waals surface area contributed by atoms with Crippen LogP contribution in [0.3, 0.4) is 0 Å². The van der Waals surface area contributed by atoms with Crippen molar-refractivity contribution in [3.05, 3.63) is 0 Å². The van der Waals surface area contributed by atoms with Crippen LogP contribution in [0.25, 0.3) is 0 Å². The average Bonchev–Trinajstić information content (AvgIpc) is 2.67. The minimum absolute atomic E-state index is 0.417. The maximum Gasteiger partial charge on any atom is 0.189 e. The van der Waals surface area contributed by atoms with Crippen LogP contribution >= 0.6 is 11.8 Å². The van der Waals surface area contributed by atoms with Crippen LogP contribution in [0.2, 0.25) is 0 Å². The molecule has 1 aliphatic carbocycles. The lowest BCUT2D eigenvalue weighted by Crippen LogP contribution is -2.40. The normalized spacial score (nSPS) is 20.5. The molecule has 3 nitrogen and oxygen atoms in total. The molecule has 15 heavy (non-hydrogen) atoms. The molecule has 1 unspecified atom stereocenters. The molecular weight excluding hydrogens is 206 g/mol. The van der Waals surface area contributed by atoms with E-state index in [0.717, 1.165) is 11.5 Å². The Kier molecular flexibility index (Phi) is 5.91. The number of hydrogen-bond donors (Lipinski definition) is 2. The largest absolute Gasteiger partial charge is 0.370 e. The van der Waals surface area contributed by atoms with Crippen molar-refractivity contribution in [1.29, 1.82) is 0 Å². The molecule has 0 bridgehead atoms. The first-order valence-electron chi connectivity index (χ1n) is 5.90. The maximum atomic E-state index is 5.86. The van der Waals surface area contributed by atoms with Crippen molar-refractivity contribution in [2.45, 2.75) is 51.6 Å². The molecule has 88 valence electrons. The van der Waals surface area contributed by atoms with E-state index in [1.165, 1.54) is 25.7 Å². The molecule has 1 rings (SSSR count). The minimum atomic E-state index is 0.417. The Morgan fingerprint density at radius 2 is 2.20 bits per heavy atom. The number of guanidine groups is 1. The molecule has 1 aliphatic rings. The lowest BCUT2D eigenvalue weighted by Gasteiger charge is -2.14. The van der Waals surface area contributed by atoms with Gasteiger partial charge in [0.1, 0.15) is 0 Å². The molecule has 1 fully saturated rings. The van der Waals surface area contributed by atoms with Gasteiger partial charge in [-0.05, 0) is 25.5 Å². The van der Waals surface area contributed by atoms with Crippen molar-refractivity contribution in [2.75, 3.05) is 11.5 Å². The molecule has 0 radical (unpaired) electrons. The molecule has 0 amide bonds. The summed E-state index contributed by atoms with van der Waals surface area (Å²) in [6.45, 7) is 4.33. The number of nitrogens with two attached hydrogens (primary N) is 1. The molecule has 1 atom stereocenters. The van der Waals surface area contributed by atoms with E-state index in [4.69, 9.17) is 5.73 Å². The quantitative estimate of drug-likeness (QED) is 0.560. The Morgan fingerprint density at radius 1 is 1.53 bits per heavy atom. The van der Waals surface area contributed by atoms with Crippen LogP contribution in [-0.2, 0) is 0 Å². The van der Waals surface area contributed by atoms with Crippen LogP contribution in [0, 0.1) is 0 Å². The van der Waals surface area contributed by atoms with Crippen molar-refractivity contribution in [2.24, 2.45) is 10.7 Å². The number of hydrogen-bond acceptors (Lipinski definition) is 2. The highest BCUT2D eigenvalue weighted by Gasteiger charge is 2.14. The van der Waals surface area contributed by atoms with E-state index in [2.05, 4.69) is 24.2 Å². The number of rotatable bonds is 5. The third-order valence-corrected chi connectivity index (χ3v) is 3.76. The lowest BCUT2D eigenvalue weighted by molar-refractivity contribution is 0.679. The first-order valence-corrected chi connectivity index (χ1v) is 7.05. The zero-order valence-electron chi connectivity index (χ0n) is 9.83. The van der Waals surface area contributed by atoms with Crippen LogP contribution in [0.4, 0.5) is 0 Å². The zero-order valence-corrected chi connectivity index (χ0v) is 10.6. The van der Waals surface area contributed by atoms with Gasteiger partial charge in [-0.2, -0.15) is 11.8 Å². The molecule has 0 aromatic heterocycles. The maximum absolute atomic E-state index is 5.86. The number of thioether (sulfide) groups is 1. The highest BCUT2D eigenvalue weighted by molar-refractivity contribution is 7.99. The third kappa shape index (κ3) is 5.30. The Morgan fingerprint density at radius 3 is 2.80 bits per heavy atom. The van der Waals surface area contributed by atoms with E-state index in [0.29, 0.717) is 18.0 Å². The predicted molar refractivity (Wildman–Crippen MR) is 69.5 cm³/mol. The standard InChI is InChI=1S/C11H23N3S/c1-3-15-8-9(2)13-11(12)14-10-6-4-5-7-10/h9-10H,3-8H2,1-2H3,(H3,12,13,14). The van der Waals surface area contributed by atoms with Crippen molar-refractivity contribution in [1.82, 2.24) is 5.32 Å². The van der Waals surface area contributed by atoms with Crippen LogP contribution in [0.5, 0.6) is 0 Å². The first-order chi connectivity index (χ1) is 7.22. The van der Waals surface area contributed by atoms with Gasteiger partial charge < -0.3 is 11.1 Å². The Balaban J connectivity index is 2.23. The molecule has 3 N–H and O–H groups in total. The highest BCUT2D eigenvalue weighted by Crippen LogP contribution is 2.20. The molecule has 1 saturated carbocycles. The fourth-order valence-electron chi connectivity index (χ4n) is 1.86. The van der Waals surface area contributed by atoms with Crippen molar-refractivity contribution in [3.63, 3.8) is 0 Å². The minimum Gasteiger partial charge on any atom is -0.370 e. The number of nitrogens with one attached hydrogen (secondary N) is 1. The van der Waals surface area contributed by atoms with Crippen molar-refractivity contribution < 1.29 is 0 Å². The lowest BCUT2D eigenvalue weighted by atomic mass is 10.3. The Labute approximate surface area is 97.3 Å². The molecule has 0 aromatic rings. The molecule has 0 aromatic carbocycles. The van der Waals surface area contributed by atoms with Gasteiger partial charge in [-0.25, -0.2) is 0 Å². The fourth-order valence-corrected chi connectivity index (χ4v) is 2.53. The summed E-state index contributed by atoms with van der Waals surface area (Å²) < 4.78 is 0. The van der Waals surface area contributed by atoms with E-state index in [1.807, 2.05) is 11.8 Å². The van der Waals surface area contributed by atoms with Gasteiger partial charge in [-0.3, -0.25) is 4.99 Å². The van der Waals surface area contributed by atoms with Crippen molar-refractivity contribution in [3.8, 4) is 0 Å². The fraction of sp³-hybridized carbons (Fsp3) is 0.909. The topological polar surface area (TPSA) is 50.4 Å². The Bertz CT molecular complexity index is 200. The molecule has 0 spiro atoms. The molecule has 0 heterocycles. The van der Waals surface area contributed by atoms with Gasteiger partial charge in [0.15, 0.2) is 5.96 Å². The zero-order chi connectivity index (χ0) is 11.1. The summed E-state index contributed by atoms with van der Waals surface area (Å²) in [6.07, 6.45) is 5.03. The molecule has 0 saturated heterocycles. The van der Waals surface area contributed by atoms with Gasteiger partial charge in [-0.15, -0.1) is 0 Å². The summed E-state index contributed by atoms with van der Waals surface area (Å²) in [5.41, 5.74) is 5.86. The summed E-state index contributed by atoms with van der Waals surface area (Å²) in [4.78, 5) is 4.50. The number of aliphatic imine (C=N–C) groups is 1. The SMILES string of the molecule is CCSCC(C)NC(N)=NC1CCCC1. The molecular formula is C11H23N3S. The van der Waals surface area contributed by atoms with E-state index < -0.39 is 0 Å². The van der Waals surface area contributed by atoms with Crippen LogP contribution in [0.1, 0.15) is 39.5 Å². The summed E-state index contributed by atoms with van der Waals surface area (Å²) in [7, 11) is 0. The highest BCUT2D eigenvalue weighted by atomic mass is 32.2. The van der Waals surface area contributed by atoms with Gasteiger partial charge in [0.2, 0.25) is 0 Å². The molecule has 4 heteroatoms. The summed E-state index contributed by atoms with van der Waals surface area (Å²) >= 11 is 1.93. The molecule has 0 aliphatic heterocycles. The van der Waals surface area contributed by atoms with Gasteiger partial charge in [0, 0.05) is 11.8 Å². The summed E-state index contributed by atoms with van der Waals surface area (Å²) in [5, 5.41) is 3.25. The smallest absolute Gasteiger partial charge is 0.189 e. The van der Waals surface area contributed by atoms with E-state index in [1.54, 1.807) is 0 Å². The van der Waals surface area contributed by atoms with Gasteiger partial charge in [0.05, 0.1) is 6.04 Å². The van der Waals surface area contributed by atoms with Gasteiger partial charge >= 0.3 is 0 Å². The summed E-state index contributed by atoms with van der Waals surface area (Å²) in [6, 6.07) is 0.892. The second-order valence-corrected chi connectivity index (χ2v) is 5.48. The van der Waals surface area contributed by atoms with Crippen LogP contribution < -0.4 is 11.1 Å². The van der Waals surface area contributed by atoms with Crippen LogP contribution in [-0.4, -0.2) is 29.5 Å². The Hall–Kier alpha value is -0.380. The van der Waals surface area contributed by atoms with Crippen molar-refractivity contribution >= 4 is 17.7 Å². The van der Waals surface area contributed by atoms with Gasteiger partial charge in [-0.1, -0.05) is 19.8 Å².